The van der Waals surface area contributed by atoms with Crippen LogP contribution in [-0.4, -0.2) is 52.8 Å². The molecule has 0 amide bonds. The van der Waals surface area contributed by atoms with Gasteiger partial charge in [0.25, 0.3) is 0 Å². The second kappa shape index (κ2) is 3.46. The molecular formula is C6H14N2O3. The van der Waals surface area contributed by atoms with Gasteiger partial charge in [-0.2, -0.15) is 0 Å². The molecule has 0 bridgehead atoms. The first-order valence-corrected chi connectivity index (χ1v) is 3.63. The smallest absolute Gasteiger partial charge is 0.0989 e. The summed E-state index contributed by atoms with van der Waals surface area (Å²) in [6.07, 6.45) is -1.77. The van der Waals surface area contributed by atoms with E-state index in [1.54, 1.807) is 0 Å². The maximum Gasteiger partial charge on any atom is 0.0989 e. The molecule has 0 aliphatic carbocycles. The molecule has 0 aromatic rings. The van der Waals surface area contributed by atoms with Crippen molar-refractivity contribution in [1.82, 2.24) is 5.32 Å². The van der Waals surface area contributed by atoms with Crippen molar-refractivity contribution >= 4 is 0 Å². The lowest BCUT2D eigenvalue weighted by Gasteiger charge is -2.12. The molecule has 1 aliphatic rings. The van der Waals surface area contributed by atoms with E-state index in [0.717, 1.165) is 0 Å². The van der Waals surface area contributed by atoms with Crippen LogP contribution in [0.15, 0.2) is 0 Å². The summed E-state index contributed by atoms with van der Waals surface area (Å²) in [7, 11) is 0. The Kier molecular flexibility index (Phi) is 2.80. The third kappa shape index (κ3) is 1.52. The van der Waals surface area contributed by atoms with Crippen LogP contribution in [0.5, 0.6) is 0 Å². The highest BCUT2D eigenvalue weighted by Gasteiger charge is 2.39. The van der Waals surface area contributed by atoms with E-state index in [-0.39, 0.29) is 19.2 Å². The van der Waals surface area contributed by atoms with Crippen LogP contribution in [0.3, 0.4) is 0 Å². The summed E-state index contributed by atoms with van der Waals surface area (Å²) in [4.78, 5) is 0. The summed E-state index contributed by atoms with van der Waals surface area (Å²) < 4.78 is 0. The van der Waals surface area contributed by atoms with Crippen LogP contribution >= 0.6 is 0 Å². The maximum atomic E-state index is 9.26. The first-order valence-electron chi connectivity index (χ1n) is 3.63. The van der Waals surface area contributed by atoms with Crippen LogP contribution in [0, 0.1) is 0 Å². The number of rotatable bonds is 2. The van der Waals surface area contributed by atoms with Crippen LogP contribution in [0.4, 0.5) is 0 Å². The minimum Gasteiger partial charge on any atom is -0.395 e. The van der Waals surface area contributed by atoms with Gasteiger partial charge in [0.15, 0.2) is 0 Å². The fraction of sp³-hybridized carbons (Fsp3) is 1.00. The molecular weight excluding hydrogens is 148 g/mol. The Balaban J connectivity index is 2.53. The van der Waals surface area contributed by atoms with Crippen LogP contribution in [0.1, 0.15) is 0 Å². The summed E-state index contributed by atoms with van der Waals surface area (Å²) in [6, 6.07) is -0.749. The molecule has 1 fully saturated rings. The second-order valence-corrected chi connectivity index (χ2v) is 2.78. The molecule has 0 saturated carbocycles. The van der Waals surface area contributed by atoms with Crippen molar-refractivity contribution in [3.8, 4) is 0 Å². The van der Waals surface area contributed by atoms with Gasteiger partial charge in [0.05, 0.1) is 24.9 Å². The van der Waals surface area contributed by atoms with E-state index in [1.807, 2.05) is 0 Å². The highest BCUT2D eigenvalue weighted by molar-refractivity contribution is 4.98. The summed E-state index contributed by atoms with van der Waals surface area (Å²) in [5.74, 6) is 0. The van der Waals surface area contributed by atoms with Gasteiger partial charge in [-0.05, 0) is 0 Å². The van der Waals surface area contributed by atoms with E-state index in [1.165, 1.54) is 0 Å². The average Bonchev–Trinajstić information content (AvgIpc) is 2.30. The Hall–Kier alpha value is -0.200. The van der Waals surface area contributed by atoms with E-state index >= 15 is 0 Å². The third-order valence-electron chi connectivity index (χ3n) is 2.05. The lowest BCUT2D eigenvalue weighted by atomic mass is 10.1. The molecule has 0 radical (unpaired) electrons. The number of nitrogens with one attached hydrogen (secondary N) is 1. The van der Waals surface area contributed by atoms with Crippen molar-refractivity contribution in [3.05, 3.63) is 0 Å². The summed E-state index contributed by atoms with van der Waals surface area (Å²) in [6.45, 7) is 0.0729. The van der Waals surface area contributed by atoms with Crippen molar-refractivity contribution in [2.24, 2.45) is 5.73 Å². The van der Waals surface area contributed by atoms with E-state index < -0.39 is 18.2 Å². The van der Waals surface area contributed by atoms with Gasteiger partial charge >= 0.3 is 0 Å². The first kappa shape index (κ1) is 8.89. The zero-order valence-electron chi connectivity index (χ0n) is 6.14. The SMILES string of the molecule is NC[C@@H]1N[C@H](CO)[C@@H](O)[C@H]1O. The van der Waals surface area contributed by atoms with Gasteiger partial charge in [0.2, 0.25) is 0 Å². The molecule has 1 rings (SSSR count). The molecule has 0 aromatic carbocycles. The van der Waals surface area contributed by atoms with E-state index in [2.05, 4.69) is 5.32 Å². The Morgan fingerprint density at radius 2 is 1.73 bits per heavy atom. The molecule has 1 saturated heterocycles. The highest BCUT2D eigenvalue weighted by Crippen LogP contribution is 2.12. The highest BCUT2D eigenvalue weighted by atomic mass is 16.3. The van der Waals surface area contributed by atoms with Crippen LogP contribution < -0.4 is 11.1 Å². The normalized spacial score (nSPS) is 44.7. The van der Waals surface area contributed by atoms with E-state index in [9.17, 15) is 10.2 Å². The van der Waals surface area contributed by atoms with Gasteiger partial charge < -0.3 is 26.4 Å². The van der Waals surface area contributed by atoms with Gasteiger partial charge in [-0.15, -0.1) is 0 Å². The molecule has 0 aromatic heterocycles. The van der Waals surface area contributed by atoms with E-state index in [0.29, 0.717) is 0 Å². The molecule has 5 heteroatoms. The van der Waals surface area contributed by atoms with Gasteiger partial charge in [0.1, 0.15) is 0 Å². The Labute approximate surface area is 64.8 Å². The molecule has 0 unspecified atom stereocenters. The van der Waals surface area contributed by atoms with Crippen molar-refractivity contribution in [3.63, 3.8) is 0 Å². The van der Waals surface area contributed by atoms with Crippen LogP contribution in [0.25, 0.3) is 0 Å². The minimum absolute atomic E-state index is 0.186. The van der Waals surface area contributed by atoms with Crippen molar-refractivity contribution in [2.45, 2.75) is 24.3 Å². The van der Waals surface area contributed by atoms with Crippen LogP contribution in [-0.2, 0) is 0 Å². The minimum atomic E-state index is -0.909. The predicted molar refractivity (Wildman–Crippen MR) is 38.9 cm³/mol. The topological polar surface area (TPSA) is 98.7 Å². The summed E-state index contributed by atoms with van der Waals surface area (Å²) in [5.41, 5.74) is 5.29. The standard InChI is InChI=1S/C6H14N2O3/c7-1-3-5(10)6(11)4(2-9)8-3/h3-6,8-11H,1-2,7H2/t3-,4+,5-,6+/m0/s1. The molecule has 6 N–H and O–H groups in total. The van der Waals surface area contributed by atoms with Gasteiger partial charge in [0, 0.05) is 12.6 Å². The number of aliphatic hydroxyl groups excluding tert-OH is 3. The lowest BCUT2D eigenvalue weighted by molar-refractivity contribution is 0.0205. The number of aliphatic hydroxyl groups is 3. The third-order valence-corrected chi connectivity index (χ3v) is 2.05. The lowest BCUT2D eigenvalue weighted by Crippen LogP contribution is -2.40. The second-order valence-electron chi connectivity index (χ2n) is 2.78. The van der Waals surface area contributed by atoms with Crippen molar-refractivity contribution < 1.29 is 15.3 Å². The van der Waals surface area contributed by atoms with E-state index in [4.69, 9.17) is 10.8 Å². The zero-order chi connectivity index (χ0) is 8.43. The maximum absolute atomic E-state index is 9.26. The summed E-state index contributed by atoms with van der Waals surface area (Å²) in [5, 5.41) is 30.0. The molecule has 1 heterocycles. The fourth-order valence-corrected chi connectivity index (χ4v) is 1.32. The molecule has 5 nitrogen and oxygen atoms in total. The quantitative estimate of drug-likeness (QED) is 0.298. The molecule has 1 aliphatic heterocycles. The Morgan fingerprint density at radius 1 is 1.18 bits per heavy atom. The molecule has 11 heavy (non-hydrogen) atoms. The van der Waals surface area contributed by atoms with Crippen molar-refractivity contribution in [1.29, 1.82) is 0 Å². The first-order chi connectivity index (χ1) is 5.20. The average molecular weight is 162 g/mol. The van der Waals surface area contributed by atoms with Crippen LogP contribution in [0.2, 0.25) is 0 Å². The predicted octanol–water partition coefficient (Wildman–Crippen LogP) is -3.00. The molecule has 66 valence electrons. The monoisotopic (exact) mass is 162 g/mol. The number of hydrogen-bond donors (Lipinski definition) is 5. The number of hydrogen-bond acceptors (Lipinski definition) is 5. The van der Waals surface area contributed by atoms with Gasteiger partial charge in [-0.25, -0.2) is 0 Å². The Morgan fingerprint density at radius 3 is 2.00 bits per heavy atom. The van der Waals surface area contributed by atoms with Crippen molar-refractivity contribution in [2.75, 3.05) is 13.2 Å². The summed E-state index contributed by atoms with van der Waals surface area (Å²) >= 11 is 0. The molecule has 0 spiro atoms. The molecule has 4 atom stereocenters. The Bertz CT molecular complexity index is 115. The fourth-order valence-electron chi connectivity index (χ4n) is 1.32. The number of nitrogens with two attached hydrogens (primary N) is 1. The largest absolute Gasteiger partial charge is 0.395 e. The van der Waals surface area contributed by atoms with Gasteiger partial charge in [-0.1, -0.05) is 0 Å². The van der Waals surface area contributed by atoms with Gasteiger partial charge in [-0.3, -0.25) is 0 Å². The zero-order valence-corrected chi connectivity index (χ0v) is 6.14.